The topological polar surface area (TPSA) is 72.2 Å². The summed E-state index contributed by atoms with van der Waals surface area (Å²) in [4.78, 5) is -0.0977. The van der Waals surface area contributed by atoms with Crippen molar-refractivity contribution in [3.05, 3.63) is 28.5 Å². The van der Waals surface area contributed by atoms with Gasteiger partial charge in [0.15, 0.2) is 0 Å². The van der Waals surface area contributed by atoms with Crippen molar-refractivity contribution in [1.29, 1.82) is 0 Å². The predicted octanol–water partition coefficient (Wildman–Crippen LogP) is 2.58. The summed E-state index contributed by atoms with van der Waals surface area (Å²) in [6, 6.07) is 1.97. The number of halogens is 2. The molecule has 1 aliphatic carbocycles. The first-order chi connectivity index (χ1) is 9.85. The predicted molar refractivity (Wildman–Crippen MR) is 81.3 cm³/mol. The Kier molecular flexibility index (Phi) is 5.24. The van der Waals surface area contributed by atoms with Crippen molar-refractivity contribution in [3.8, 4) is 0 Å². The molecule has 21 heavy (non-hydrogen) atoms. The molecule has 0 spiro atoms. The molecule has 1 aromatic rings. The fourth-order valence-electron chi connectivity index (χ4n) is 2.80. The van der Waals surface area contributed by atoms with Gasteiger partial charge in [-0.15, -0.1) is 0 Å². The first kappa shape index (κ1) is 16.7. The Labute approximate surface area is 129 Å². The van der Waals surface area contributed by atoms with Crippen molar-refractivity contribution in [1.82, 2.24) is 4.72 Å². The third-order valence-corrected chi connectivity index (χ3v) is 5.99. The highest BCUT2D eigenvalue weighted by Gasteiger charge is 2.29. The van der Waals surface area contributed by atoms with Gasteiger partial charge in [0.25, 0.3) is 0 Å². The fraction of sp³-hybridized carbons (Fsp3) is 0.571. The minimum atomic E-state index is -3.81. The van der Waals surface area contributed by atoms with Crippen molar-refractivity contribution in [2.24, 2.45) is 11.7 Å². The minimum absolute atomic E-state index is 0.0977. The normalized spacial score (nSPS) is 18.1. The second-order valence-electron chi connectivity index (χ2n) is 5.54. The van der Waals surface area contributed by atoms with E-state index in [1.54, 1.807) is 0 Å². The van der Waals surface area contributed by atoms with E-state index in [9.17, 15) is 12.8 Å². The second kappa shape index (κ2) is 6.60. The number of rotatable bonds is 5. The van der Waals surface area contributed by atoms with Gasteiger partial charge >= 0.3 is 0 Å². The molecule has 1 atom stereocenters. The van der Waals surface area contributed by atoms with Crippen LogP contribution in [0.25, 0.3) is 0 Å². The van der Waals surface area contributed by atoms with Gasteiger partial charge in [0.2, 0.25) is 10.0 Å². The first-order valence-corrected chi connectivity index (χ1v) is 8.89. The van der Waals surface area contributed by atoms with Crippen LogP contribution in [-0.4, -0.2) is 21.0 Å². The summed E-state index contributed by atoms with van der Waals surface area (Å²) in [7, 11) is -3.81. The average molecular weight is 335 g/mol. The van der Waals surface area contributed by atoms with Crippen molar-refractivity contribution in [2.75, 3.05) is 6.54 Å². The van der Waals surface area contributed by atoms with Gasteiger partial charge in [-0.2, -0.15) is 0 Å². The number of sulfonamides is 1. The van der Waals surface area contributed by atoms with Crippen LogP contribution in [0.3, 0.4) is 0 Å². The van der Waals surface area contributed by atoms with Gasteiger partial charge < -0.3 is 5.73 Å². The van der Waals surface area contributed by atoms with Gasteiger partial charge in [0.05, 0.1) is 5.02 Å². The largest absolute Gasteiger partial charge is 0.329 e. The Hall–Kier alpha value is -0.690. The molecule has 1 unspecified atom stereocenters. The van der Waals surface area contributed by atoms with Gasteiger partial charge in [0.1, 0.15) is 10.7 Å². The van der Waals surface area contributed by atoms with E-state index >= 15 is 0 Å². The van der Waals surface area contributed by atoms with E-state index in [2.05, 4.69) is 4.72 Å². The summed E-state index contributed by atoms with van der Waals surface area (Å²) in [5.41, 5.74) is 5.95. The lowest BCUT2D eigenvalue weighted by molar-refractivity contribution is 0.405. The lowest BCUT2D eigenvalue weighted by atomic mass is 9.99. The summed E-state index contributed by atoms with van der Waals surface area (Å²) in [6.45, 7) is 1.74. The van der Waals surface area contributed by atoms with Gasteiger partial charge in [-0.25, -0.2) is 17.5 Å². The summed E-state index contributed by atoms with van der Waals surface area (Å²) in [6.07, 6.45) is 4.14. The zero-order valence-electron chi connectivity index (χ0n) is 11.9. The van der Waals surface area contributed by atoms with E-state index in [-0.39, 0.29) is 34.0 Å². The highest BCUT2D eigenvalue weighted by Crippen LogP contribution is 2.29. The summed E-state index contributed by atoms with van der Waals surface area (Å²) < 4.78 is 41.0. The molecule has 1 fully saturated rings. The van der Waals surface area contributed by atoms with Gasteiger partial charge in [-0.05, 0) is 43.4 Å². The summed E-state index contributed by atoms with van der Waals surface area (Å²) in [5, 5.41) is -0.118. The fourth-order valence-corrected chi connectivity index (χ4v) is 4.71. The number of nitrogens with one attached hydrogen (secondary N) is 1. The SMILES string of the molecule is Cc1cc(S(=O)(=O)NC(CN)C2CCCC2)c(Cl)cc1F. The summed E-state index contributed by atoms with van der Waals surface area (Å²) in [5.74, 6) is -0.268. The molecule has 2 rings (SSSR count). The molecular formula is C14H20ClFN2O2S. The van der Waals surface area contributed by atoms with Crippen molar-refractivity contribution in [3.63, 3.8) is 0 Å². The molecule has 1 saturated carbocycles. The smallest absolute Gasteiger partial charge is 0.242 e. The molecular weight excluding hydrogens is 315 g/mol. The van der Waals surface area contributed by atoms with Crippen molar-refractivity contribution in [2.45, 2.75) is 43.5 Å². The Balaban J connectivity index is 2.27. The Morgan fingerprint density at radius 3 is 2.62 bits per heavy atom. The maximum Gasteiger partial charge on any atom is 0.242 e. The third-order valence-electron chi connectivity index (χ3n) is 4.03. The Bertz CT molecular complexity index is 616. The summed E-state index contributed by atoms with van der Waals surface area (Å²) >= 11 is 5.88. The molecule has 0 aliphatic heterocycles. The Morgan fingerprint density at radius 1 is 1.43 bits per heavy atom. The van der Waals surface area contributed by atoms with E-state index < -0.39 is 15.8 Å². The average Bonchev–Trinajstić information content (AvgIpc) is 2.94. The lowest BCUT2D eigenvalue weighted by Gasteiger charge is -2.23. The van der Waals surface area contributed by atoms with Gasteiger partial charge in [-0.3, -0.25) is 0 Å². The van der Waals surface area contributed by atoms with Crippen LogP contribution in [0.2, 0.25) is 5.02 Å². The van der Waals surface area contributed by atoms with Gasteiger partial charge in [-0.1, -0.05) is 24.4 Å². The molecule has 0 aromatic heterocycles. The minimum Gasteiger partial charge on any atom is -0.329 e. The second-order valence-corrected chi connectivity index (χ2v) is 7.63. The standard InChI is InChI=1S/C14H20ClFN2O2S/c1-9-6-14(11(15)7-12(9)16)21(19,20)18-13(8-17)10-4-2-3-5-10/h6-7,10,13,18H,2-5,8,17H2,1H3. The van der Waals surface area contributed by atoms with Crippen LogP contribution in [0.15, 0.2) is 17.0 Å². The number of aryl methyl sites for hydroxylation is 1. The van der Waals surface area contributed by atoms with Crippen LogP contribution in [0, 0.1) is 18.7 Å². The van der Waals surface area contributed by atoms with Crippen LogP contribution in [0.4, 0.5) is 4.39 Å². The number of benzene rings is 1. The van der Waals surface area contributed by atoms with Crippen LogP contribution in [0.1, 0.15) is 31.2 Å². The van der Waals surface area contributed by atoms with E-state index in [0.29, 0.717) is 0 Å². The maximum atomic E-state index is 13.4. The Morgan fingerprint density at radius 2 is 2.05 bits per heavy atom. The van der Waals surface area contributed by atoms with Crippen LogP contribution in [-0.2, 0) is 10.0 Å². The number of hydrogen-bond donors (Lipinski definition) is 2. The van der Waals surface area contributed by atoms with E-state index in [4.69, 9.17) is 17.3 Å². The molecule has 0 heterocycles. The quantitative estimate of drug-likeness (QED) is 0.869. The first-order valence-electron chi connectivity index (χ1n) is 7.03. The van der Waals surface area contributed by atoms with E-state index in [0.717, 1.165) is 31.7 Å². The molecule has 1 aromatic carbocycles. The van der Waals surface area contributed by atoms with E-state index in [1.165, 1.54) is 13.0 Å². The molecule has 0 radical (unpaired) electrons. The third kappa shape index (κ3) is 3.74. The van der Waals surface area contributed by atoms with Crippen LogP contribution in [0.5, 0.6) is 0 Å². The molecule has 3 N–H and O–H groups in total. The van der Waals surface area contributed by atoms with Crippen LogP contribution >= 0.6 is 11.6 Å². The van der Waals surface area contributed by atoms with E-state index in [1.807, 2.05) is 0 Å². The van der Waals surface area contributed by atoms with Crippen LogP contribution < -0.4 is 10.5 Å². The van der Waals surface area contributed by atoms with Crippen molar-refractivity contribution < 1.29 is 12.8 Å². The molecule has 1 aliphatic rings. The number of hydrogen-bond acceptors (Lipinski definition) is 3. The van der Waals surface area contributed by atoms with Crippen molar-refractivity contribution >= 4 is 21.6 Å². The highest BCUT2D eigenvalue weighted by molar-refractivity contribution is 7.89. The zero-order chi connectivity index (χ0) is 15.6. The molecule has 0 bridgehead atoms. The molecule has 7 heteroatoms. The molecule has 0 saturated heterocycles. The zero-order valence-corrected chi connectivity index (χ0v) is 13.5. The maximum absolute atomic E-state index is 13.4. The molecule has 118 valence electrons. The highest BCUT2D eigenvalue weighted by atomic mass is 35.5. The molecule has 0 amide bonds. The lowest BCUT2D eigenvalue weighted by Crippen LogP contribution is -2.44. The monoisotopic (exact) mass is 334 g/mol. The van der Waals surface area contributed by atoms with Gasteiger partial charge in [0, 0.05) is 12.6 Å². The number of nitrogens with two attached hydrogens (primary N) is 1. The molecule has 4 nitrogen and oxygen atoms in total.